The van der Waals surface area contributed by atoms with Crippen molar-refractivity contribution in [3.63, 3.8) is 0 Å². The molecular weight excluding hydrogens is 390 g/mol. The summed E-state index contributed by atoms with van der Waals surface area (Å²) in [6.45, 7) is 5.49. The monoisotopic (exact) mass is 418 g/mol. The Kier molecular flexibility index (Phi) is 7.91. The average molecular weight is 419 g/mol. The van der Waals surface area contributed by atoms with Crippen molar-refractivity contribution < 1.29 is 13.9 Å². The molecule has 3 rings (SSSR count). The van der Waals surface area contributed by atoms with Gasteiger partial charge < -0.3 is 5.11 Å². The van der Waals surface area contributed by atoms with Gasteiger partial charge in [-0.25, -0.2) is 8.78 Å². The second-order valence-electron chi connectivity index (χ2n) is 7.78. The van der Waals surface area contributed by atoms with Gasteiger partial charge in [-0.3, -0.25) is 0 Å². The maximum Gasteiger partial charge on any atom is 0.167 e. The molecule has 0 amide bonds. The highest BCUT2D eigenvalue weighted by atomic mass is 19.2. The van der Waals surface area contributed by atoms with Crippen molar-refractivity contribution in [3.05, 3.63) is 102 Å². The van der Waals surface area contributed by atoms with Crippen LogP contribution >= 0.6 is 0 Å². The first kappa shape index (κ1) is 22.6. The van der Waals surface area contributed by atoms with E-state index in [4.69, 9.17) is 0 Å². The van der Waals surface area contributed by atoms with E-state index < -0.39 is 11.6 Å². The smallest absolute Gasteiger partial charge is 0.167 e. The molecule has 1 nitrogen and oxygen atoms in total. The number of hydrogen-bond acceptors (Lipinski definition) is 1. The first-order valence-corrected chi connectivity index (χ1v) is 10.6. The molecule has 0 fully saturated rings. The maximum absolute atomic E-state index is 14.7. The lowest BCUT2D eigenvalue weighted by molar-refractivity contribution is 0.182. The van der Waals surface area contributed by atoms with Gasteiger partial charge in [-0.05, 0) is 54.9 Å². The summed E-state index contributed by atoms with van der Waals surface area (Å²) < 4.78 is 29.3. The molecule has 31 heavy (non-hydrogen) atoms. The summed E-state index contributed by atoms with van der Waals surface area (Å²) >= 11 is 0. The quantitative estimate of drug-likeness (QED) is 0.280. The fourth-order valence-corrected chi connectivity index (χ4v) is 3.50. The van der Waals surface area contributed by atoms with Crippen LogP contribution in [0.15, 0.2) is 79.4 Å². The summed E-state index contributed by atoms with van der Waals surface area (Å²) in [5, 5.41) is 9.26. The van der Waals surface area contributed by atoms with E-state index in [1.807, 2.05) is 36.4 Å². The van der Waals surface area contributed by atoms with Crippen LogP contribution in [0.3, 0.4) is 0 Å². The zero-order valence-corrected chi connectivity index (χ0v) is 17.8. The number of allylic oxidation sites excluding steroid dienone is 2. The molecular formula is C28H28F2O. The highest BCUT2D eigenvalue weighted by Crippen LogP contribution is 2.29. The van der Waals surface area contributed by atoms with Crippen LogP contribution in [0.1, 0.15) is 37.3 Å². The molecule has 0 spiro atoms. The molecule has 0 aliphatic rings. The lowest BCUT2D eigenvalue weighted by atomic mass is 9.98. The maximum atomic E-state index is 14.7. The third kappa shape index (κ3) is 5.99. The van der Waals surface area contributed by atoms with Crippen LogP contribution in [0, 0.1) is 11.6 Å². The lowest BCUT2D eigenvalue weighted by Crippen LogP contribution is -1.97. The summed E-state index contributed by atoms with van der Waals surface area (Å²) in [5.74, 6) is -1.68. The molecule has 3 aromatic carbocycles. The van der Waals surface area contributed by atoms with Gasteiger partial charge in [0.25, 0.3) is 0 Å². The average Bonchev–Trinajstić information content (AvgIpc) is 2.77. The summed E-state index contributed by atoms with van der Waals surface area (Å²) in [5.41, 5.74) is 4.40. The summed E-state index contributed by atoms with van der Waals surface area (Å²) in [7, 11) is 0. The van der Waals surface area contributed by atoms with Gasteiger partial charge in [0.1, 0.15) is 0 Å². The largest absolute Gasteiger partial charge is 0.393 e. The lowest BCUT2D eigenvalue weighted by Gasteiger charge is -2.09. The minimum atomic E-state index is -0.842. The van der Waals surface area contributed by atoms with Crippen LogP contribution in [-0.4, -0.2) is 11.2 Å². The third-order valence-corrected chi connectivity index (χ3v) is 5.27. The Morgan fingerprint density at radius 3 is 2.10 bits per heavy atom. The molecule has 3 heteroatoms. The topological polar surface area (TPSA) is 20.2 Å². The highest BCUT2D eigenvalue weighted by molar-refractivity contribution is 5.72. The van der Waals surface area contributed by atoms with E-state index in [1.165, 1.54) is 5.56 Å². The number of halogens is 2. The molecule has 3 aromatic rings. The van der Waals surface area contributed by atoms with Crippen molar-refractivity contribution in [2.45, 2.75) is 38.7 Å². The Morgan fingerprint density at radius 1 is 0.871 bits per heavy atom. The van der Waals surface area contributed by atoms with Crippen molar-refractivity contribution >= 4 is 6.08 Å². The van der Waals surface area contributed by atoms with Gasteiger partial charge in [-0.15, -0.1) is 6.58 Å². The van der Waals surface area contributed by atoms with Gasteiger partial charge in [-0.1, -0.05) is 78.9 Å². The summed E-state index contributed by atoms with van der Waals surface area (Å²) in [4.78, 5) is 0. The van der Waals surface area contributed by atoms with Gasteiger partial charge >= 0.3 is 0 Å². The molecule has 0 bridgehead atoms. The highest BCUT2D eigenvalue weighted by Gasteiger charge is 2.13. The number of rotatable bonds is 9. The molecule has 0 saturated heterocycles. The van der Waals surface area contributed by atoms with Gasteiger partial charge in [0, 0.05) is 11.1 Å². The molecule has 0 heterocycles. The Bertz CT molecular complexity index is 1030. The van der Waals surface area contributed by atoms with Crippen molar-refractivity contribution in [2.24, 2.45) is 0 Å². The predicted molar refractivity (Wildman–Crippen MR) is 126 cm³/mol. The number of unbranched alkanes of at least 4 members (excludes halogenated alkanes) is 1. The first-order chi connectivity index (χ1) is 15.0. The number of benzene rings is 3. The van der Waals surface area contributed by atoms with Crippen LogP contribution in [0.5, 0.6) is 0 Å². The fourth-order valence-electron chi connectivity index (χ4n) is 3.50. The predicted octanol–water partition coefficient (Wildman–Crippen LogP) is 7.59. The first-order valence-electron chi connectivity index (χ1n) is 10.6. The number of aliphatic hydroxyl groups excluding tert-OH is 1. The van der Waals surface area contributed by atoms with Gasteiger partial charge in [0.05, 0.1) is 6.10 Å². The van der Waals surface area contributed by atoms with E-state index in [9.17, 15) is 13.9 Å². The second kappa shape index (κ2) is 10.8. The molecule has 0 aromatic heterocycles. The molecule has 1 atom stereocenters. The number of hydrogen-bond donors (Lipinski definition) is 1. The van der Waals surface area contributed by atoms with Crippen LogP contribution in [0.4, 0.5) is 8.78 Å². The normalized spacial score (nSPS) is 12.3. The molecule has 0 aliphatic carbocycles. The van der Waals surface area contributed by atoms with E-state index in [0.29, 0.717) is 18.4 Å². The molecule has 1 N–H and O–H groups in total. The van der Waals surface area contributed by atoms with Crippen molar-refractivity contribution in [1.29, 1.82) is 0 Å². The minimum Gasteiger partial charge on any atom is -0.393 e. The molecule has 0 saturated carbocycles. The Labute approximate surface area is 183 Å². The zero-order valence-electron chi connectivity index (χ0n) is 17.8. The second-order valence-corrected chi connectivity index (χ2v) is 7.78. The van der Waals surface area contributed by atoms with Crippen LogP contribution in [0.2, 0.25) is 0 Å². The van der Waals surface area contributed by atoms with Gasteiger partial charge in [0.15, 0.2) is 11.6 Å². The Morgan fingerprint density at radius 2 is 1.48 bits per heavy atom. The van der Waals surface area contributed by atoms with Crippen molar-refractivity contribution in [3.8, 4) is 22.3 Å². The van der Waals surface area contributed by atoms with Crippen LogP contribution in [-0.2, 0) is 6.42 Å². The van der Waals surface area contributed by atoms with Crippen molar-refractivity contribution in [1.82, 2.24) is 0 Å². The third-order valence-electron chi connectivity index (χ3n) is 5.27. The summed E-state index contributed by atoms with van der Waals surface area (Å²) in [6.07, 6.45) is 7.98. The molecule has 1 unspecified atom stereocenters. The zero-order chi connectivity index (χ0) is 22.2. The molecule has 0 aliphatic heterocycles. The van der Waals surface area contributed by atoms with E-state index in [0.717, 1.165) is 24.0 Å². The van der Waals surface area contributed by atoms with Gasteiger partial charge in [-0.2, -0.15) is 0 Å². The fraction of sp³-hybridized carbons (Fsp3) is 0.214. The number of aliphatic hydroxyl groups is 1. The summed E-state index contributed by atoms with van der Waals surface area (Å²) in [6, 6.07) is 18.9. The van der Waals surface area contributed by atoms with Crippen LogP contribution < -0.4 is 0 Å². The van der Waals surface area contributed by atoms with E-state index >= 15 is 0 Å². The minimum absolute atomic E-state index is 0.231. The van der Waals surface area contributed by atoms with Gasteiger partial charge in [0.2, 0.25) is 0 Å². The Balaban J connectivity index is 1.74. The van der Waals surface area contributed by atoms with Crippen LogP contribution in [0.25, 0.3) is 28.3 Å². The van der Waals surface area contributed by atoms with Crippen molar-refractivity contribution in [2.75, 3.05) is 0 Å². The molecule has 0 radical (unpaired) electrons. The molecule has 160 valence electrons. The van der Waals surface area contributed by atoms with E-state index in [2.05, 4.69) is 30.8 Å². The van der Waals surface area contributed by atoms with E-state index in [1.54, 1.807) is 25.1 Å². The Hall–Kier alpha value is -3.04. The SMILES string of the molecule is C=CCc1ccc(-c2ccc(-c3ccc(/C=C/CCCC(C)O)c(F)c3F)cc2)cc1. The van der Waals surface area contributed by atoms with E-state index in [-0.39, 0.29) is 17.2 Å². The standard InChI is InChI=1S/C28H28F2O/c1-3-7-21-10-12-22(13-11-21)23-14-16-24(17-15-23)26-19-18-25(27(29)28(26)30)9-6-4-5-8-20(2)31/h3,6,9-20,31H,1,4-5,7-8H2,2H3/b9-6+.